The van der Waals surface area contributed by atoms with Gasteiger partial charge in [0.15, 0.2) is 0 Å². The Kier molecular flexibility index (Phi) is 1.77. The number of nitrogens with zero attached hydrogens (tertiary/aromatic N) is 1. The van der Waals surface area contributed by atoms with Crippen molar-refractivity contribution >= 4 is 5.91 Å². The van der Waals surface area contributed by atoms with Gasteiger partial charge in [-0.05, 0) is 12.8 Å². The summed E-state index contributed by atoms with van der Waals surface area (Å²) >= 11 is 0. The van der Waals surface area contributed by atoms with E-state index in [1.807, 2.05) is 0 Å². The minimum Gasteiger partial charge on any atom is -0.366 e. The molecule has 1 atom stereocenters. The van der Waals surface area contributed by atoms with Crippen LogP contribution in [-0.2, 0) is 4.79 Å². The zero-order chi connectivity index (χ0) is 8.55. The first kappa shape index (κ1) is 7.61. The van der Waals surface area contributed by atoms with Crippen molar-refractivity contribution in [3.05, 3.63) is 11.8 Å². The number of hydrazine groups is 1. The molecule has 4 nitrogen and oxygen atoms in total. The third-order valence-electron chi connectivity index (χ3n) is 2.53. The monoisotopic (exact) mass is 167 g/mol. The Labute approximate surface area is 71.4 Å². The summed E-state index contributed by atoms with van der Waals surface area (Å²) in [6.07, 6.45) is 5.16. The van der Waals surface area contributed by atoms with Gasteiger partial charge in [0.25, 0.3) is 0 Å². The molecule has 2 aliphatic rings. The van der Waals surface area contributed by atoms with Gasteiger partial charge >= 0.3 is 0 Å². The second-order valence-electron chi connectivity index (χ2n) is 3.30. The Morgan fingerprint density at radius 2 is 2.50 bits per heavy atom. The fraction of sp³-hybridized carbons (Fsp3) is 0.625. The van der Waals surface area contributed by atoms with Crippen molar-refractivity contribution < 1.29 is 4.79 Å². The number of rotatable bonds is 1. The normalized spacial score (nSPS) is 29.0. The van der Waals surface area contributed by atoms with Crippen LogP contribution >= 0.6 is 0 Å². The summed E-state index contributed by atoms with van der Waals surface area (Å²) < 4.78 is 0. The number of carbonyl (C=O) groups is 1. The topological polar surface area (TPSA) is 58.4 Å². The van der Waals surface area contributed by atoms with Gasteiger partial charge in [-0.1, -0.05) is 6.42 Å². The maximum atomic E-state index is 10.9. The van der Waals surface area contributed by atoms with Crippen LogP contribution in [0.3, 0.4) is 0 Å². The van der Waals surface area contributed by atoms with E-state index in [-0.39, 0.29) is 11.9 Å². The molecule has 0 bridgehead atoms. The molecule has 12 heavy (non-hydrogen) atoms. The highest BCUT2D eigenvalue weighted by atomic mass is 16.1. The van der Waals surface area contributed by atoms with Gasteiger partial charge in [0.05, 0.1) is 11.6 Å². The number of nitrogens with one attached hydrogen (secondary N) is 1. The van der Waals surface area contributed by atoms with Crippen LogP contribution < -0.4 is 11.2 Å². The summed E-state index contributed by atoms with van der Waals surface area (Å²) in [5.41, 5.74) is 9.02. The van der Waals surface area contributed by atoms with E-state index in [1.165, 1.54) is 12.8 Å². The first-order valence-corrected chi connectivity index (χ1v) is 4.32. The molecule has 1 amide bonds. The molecule has 0 aromatic carbocycles. The Bertz CT molecular complexity index is 236. The zero-order valence-electron chi connectivity index (χ0n) is 6.92. The second kappa shape index (κ2) is 2.79. The minimum absolute atomic E-state index is 0.233. The van der Waals surface area contributed by atoms with Crippen LogP contribution in [-0.4, -0.2) is 23.5 Å². The number of nitrogens with two attached hydrogens (primary N) is 1. The molecule has 2 heterocycles. The van der Waals surface area contributed by atoms with E-state index in [1.54, 1.807) is 6.20 Å². The van der Waals surface area contributed by atoms with Crippen molar-refractivity contribution in [3.8, 4) is 0 Å². The molecule has 2 aliphatic heterocycles. The van der Waals surface area contributed by atoms with Gasteiger partial charge in [0.1, 0.15) is 0 Å². The summed E-state index contributed by atoms with van der Waals surface area (Å²) in [5, 5.41) is 2.09. The molecule has 1 saturated heterocycles. The molecule has 0 spiro atoms. The summed E-state index contributed by atoms with van der Waals surface area (Å²) in [6.45, 7) is 1.01. The molecule has 0 aliphatic carbocycles. The van der Waals surface area contributed by atoms with Gasteiger partial charge < -0.3 is 11.2 Å². The average Bonchev–Trinajstić information content (AvgIpc) is 2.47. The largest absolute Gasteiger partial charge is 0.366 e. The fourth-order valence-corrected chi connectivity index (χ4v) is 1.89. The lowest BCUT2D eigenvalue weighted by Crippen LogP contribution is -2.43. The van der Waals surface area contributed by atoms with E-state index < -0.39 is 0 Å². The number of hydrogen-bond acceptors (Lipinski definition) is 3. The molecule has 1 unspecified atom stereocenters. The molecule has 3 N–H and O–H groups in total. The highest BCUT2D eigenvalue weighted by molar-refractivity contribution is 5.93. The van der Waals surface area contributed by atoms with Crippen LogP contribution in [0.4, 0.5) is 0 Å². The van der Waals surface area contributed by atoms with Crippen LogP contribution in [0, 0.1) is 0 Å². The van der Waals surface area contributed by atoms with Crippen LogP contribution in [0.1, 0.15) is 19.3 Å². The van der Waals surface area contributed by atoms with Crippen molar-refractivity contribution in [2.24, 2.45) is 5.73 Å². The predicted octanol–water partition coefficient (Wildman–Crippen LogP) is -0.272. The van der Waals surface area contributed by atoms with Crippen molar-refractivity contribution in [1.29, 1.82) is 0 Å². The van der Waals surface area contributed by atoms with Gasteiger partial charge in [-0.3, -0.25) is 4.79 Å². The number of primary amides is 1. The Hall–Kier alpha value is -1.03. The lowest BCUT2D eigenvalue weighted by atomic mass is 9.98. The molecule has 0 aromatic rings. The first-order valence-electron chi connectivity index (χ1n) is 4.32. The number of fused-ring (bicyclic) bond motifs is 1. The van der Waals surface area contributed by atoms with Gasteiger partial charge in [-0.15, -0.1) is 0 Å². The van der Waals surface area contributed by atoms with E-state index in [0.717, 1.165) is 18.5 Å². The lowest BCUT2D eigenvalue weighted by Gasteiger charge is -2.29. The molecule has 0 saturated carbocycles. The van der Waals surface area contributed by atoms with E-state index in [2.05, 4.69) is 10.4 Å². The van der Waals surface area contributed by atoms with Gasteiger partial charge in [0.2, 0.25) is 5.91 Å². The third-order valence-corrected chi connectivity index (χ3v) is 2.53. The van der Waals surface area contributed by atoms with Crippen LogP contribution in [0.25, 0.3) is 0 Å². The standard InChI is InChI=1S/C8H13N3O/c9-8(12)6-5-10-11-4-2-1-3-7(6)11/h5,7,10H,1-4H2,(H2,9,12). The summed E-state index contributed by atoms with van der Waals surface area (Å²) in [5.74, 6) is -0.295. The number of amides is 1. The number of piperidine rings is 1. The lowest BCUT2D eigenvalue weighted by molar-refractivity contribution is -0.115. The second-order valence-corrected chi connectivity index (χ2v) is 3.30. The molecule has 1 fully saturated rings. The number of carbonyl (C=O) groups excluding carboxylic acids is 1. The molecule has 2 rings (SSSR count). The maximum absolute atomic E-state index is 10.9. The predicted molar refractivity (Wildman–Crippen MR) is 44.8 cm³/mol. The smallest absolute Gasteiger partial charge is 0.247 e. The molecule has 4 heteroatoms. The van der Waals surface area contributed by atoms with Gasteiger partial charge in [-0.2, -0.15) is 0 Å². The van der Waals surface area contributed by atoms with Gasteiger partial charge in [-0.25, -0.2) is 5.01 Å². The van der Waals surface area contributed by atoms with Crippen molar-refractivity contribution in [3.63, 3.8) is 0 Å². The van der Waals surface area contributed by atoms with E-state index in [9.17, 15) is 4.79 Å². The first-order chi connectivity index (χ1) is 5.79. The number of hydrogen-bond donors (Lipinski definition) is 2. The molecule has 0 radical (unpaired) electrons. The average molecular weight is 167 g/mol. The SMILES string of the molecule is NC(=O)C1=CNN2CCCCC12. The molecular formula is C8H13N3O. The van der Waals surface area contributed by atoms with E-state index in [0.29, 0.717) is 0 Å². The van der Waals surface area contributed by atoms with Crippen LogP contribution in [0.5, 0.6) is 0 Å². The zero-order valence-corrected chi connectivity index (χ0v) is 6.92. The Balaban J connectivity index is 2.13. The van der Waals surface area contributed by atoms with E-state index >= 15 is 0 Å². The third kappa shape index (κ3) is 1.08. The van der Waals surface area contributed by atoms with E-state index in [4.69, 9.17) is 5.73 Å². The molecule has 0 aromatic heterocycles. The van der Waals surface area contributed by atoms with Gasteiger partial charge in [0, 0.05) is 12.7 Å². The van der Waals surface area contributed by atoms with Crippen molar-refractivity contribution in [2.75, 3.05) is 6.54 Å². The van der Waals surface area contributed by atoms with Crippen molar-refractivity contribution in [2.45, 2.75) is 25.3 Å². The highest BCUT2D eigenvalue weighted by Gasteiger charge is 2.31. The quantitative estimate of drug-likeness (QED) is 0.565. The summed E-state index contributed by atoms with van der Waals surface area (Å²) in [7, 11) is 0. The maximum Gasteiger partial charge on any atom is 0.247 e. The Morgan fingerprint density at radius 3 is 3.25 bits per heavy atom. The van der Waals surface area contributed by atoms with Crippen LogP contribution in [0.15, 0.2) is 11.8 Å². The molecule has 66 valence electrons. The Morgan fingerprint density at radius 1 is 1.67 bits per heavy atom. The molecular weight excluding hydrogens is 154 g/mol. The fourth-order valence-electron chi connectivity index (χ4n) is 1.89. The summed E-state index contributed by atoms with van der Waals surface area (Å²) in [4.78, 5) is 10.9. The van der Waals surface area contributed by atoms with Crippen LogP contribution in [0.2, 0.25) is 0 Å². The van der Waals surface area contributed by atoms with Crippen molar-refractivity contribution in [1.82, 2.24) is 10.4 Å². The minimum atomic E-state index is -0.295. The highest BCUT2D eigenvalue weighted by Crippen LogP contribution is 2.24. The summed E-state index contributed by atoms with van der Waals surface area (Å²) in [6, 6.07) is 0.233.